The fraction of sp³-hybridized carbons (Fsp3) is 0.182. The summed E-state index contributed by atoms with van der Waals surface area (Å²) in [6, 6.07) is 3.50. The van der Waals surface area contributed by atoms with E-state index in [1.54, 1.807) is 0 Å². The smallest absolute Gasteiger partial charge is 0.337 e. The number of hydrogen-bond acceptors (Lipinski definition) is 5. The van der Waals surface area contributed by atoms with Gasteiger partial charge in [-0.1, -0.05) is 12.1 Å². The van der Waals surface area contributed by atoms with Crippen LogP contribution in [0.3, 0.4) is 0 Å². The van der Waals surface area contributed by atoms with Crippen LogP contribution in [0.4, 0.5) is 5.69 Å². The van der Waals surface area contributed by atoms with Crippen molar-refractivity contribution >= 4 is 23.6 Å². The molecule has 0 saturated carbocycles. The van der Waals surface area contributed by atoms with Crippen molar-refractivity contribution in [3.63, 3.8) is 0 Å². The van der Waals surface area contributed by atoms with Crippen LogP contribution < -0.4 is 5.32 Å². The number of aromatic carboxylic acids is 1. The van der Waals surface area contributed by atoms with Crippen molar-refractivity contribution in [1.82, 2.24) is 0 Å². The average Bonchev–Trinajstić information content (AvgIpc) is 2.34. The first kappa shape index (κ1) is 14.5. The lowest BCUT2D eigenvalue weighted by molar-refractivity contribution is -0.154. The zero-order valence-corrected chi connectivity index (χ0v) is 9.48. The highest BCUT2D eigenvalue weighted by molar-refractivity contribution is 5.95. The number of carboxylic acids is 3. The van der Waals surface area contributed by atoms with Gasteiger partial charge < -0.3 is 25.7 Å². The lowest BCUT2D eigenvalue weighted by atomic mass is 10.1. The molecule has 0 spiro atoms. The summed E-state index contributed by atoms with van der Waals surface area (Å²) in [7, 11) is 0. The molecule has 0 bridgehead atoms. The van der Waals surface area contributed by atoms with Gasteiger partial charge in [0, 0.05) is 5.69 Å². The minimum atomic E-state index is -2.21. The van der Waals surface area contributed by atoms with Crippen LogP contribution in [0.2, 0.25) is 0 Å². The van der Waals surface area contributed by atoms with Crippen LogP contribution in [0, 0.1) is 0 Å². The van der Waals surface area contributed by atoms with Gasteiger partial charge in [-0.05, 0) is 12.1 Å². The summed E-state index contributed by atoms with van der Waals surface area (Å²) in [4.78, 5) is 32.4. The molecule has 0 fully saturated rings. The van der Waals surface area contributed by atoms with Crippen molar-refractivity contribution in [1.29, 1.82) is 0 Å². The summed E-state index contributed by atoms with van der Waals surface area (Å²) in [6.07, 6.45) is -2.21. The van der Waals surface area contributed by atoms with Gasteiger partial charge in [0.1, 0.15) is 0 Å². The van der Waals surface area contributed by atoms with Crippen LogP contribution in [0.15, 0.2) is 24.3 Å². The van der Waals surface area contributed by atoms with E-state index in [9.17, 15) is 19.5 Å². The molecular weight excluding hydrogens is 258 g/mol. The lowest BCUT2D eigenvalue weighted by Gasteiger charge is -2.19. The number of aliphatic hydroxyl groups excluding tert-OH is 1. The minimum absolute atomic E-state index is 0.0947. The van der Waals surface area contributed by atoms with E-state index in [-0.39, 0.29) is 11.3 Å². The first-order chi connectivity index (χ1) is 8.84. The molecule has 0 saturated heterocycles. The van der Waals surface area contributed by atoms with Gasteiger partial charge in [-0.15, -0.1) is 0 Å². The summed E-state index contributed by atoms with van der Waals surface area (Å²) in [6.45, 7) is 0. The molecule has 8 nitrogen and oxygen atoms in total. The van der Waals surface area contributed by atoms with Gasteiger partial charge in [-0.2, -0.15) is 0 Å². The van der Waals surface area contributed by atoms with Crippen molar-refractivity contribution in [3.8, 4) is 0 Å². The van der Waals surface area contributed by atoms with Crippen LogP contribution in [0.1, 0.15) is 10.4 Å². The summed E-state index contributed by atoms with van der Waals surface area (Å²) >= 11 is 0. The number of carbonyl (C=O) groups is 3. The third-order valence-corrected chi connectivity index (χ3v) is 2.30. The van der Waals surface area contributed by atoms with E-state index in [1.807, 2.05) is 0 Å². The van der Waals surface area contributed by atoms with Crippen LogP contribution in [-0.2, 0) is 9.59 Å². The molecule has 1 aromatic carbocycles. The highest BCUT2D eigenvalue weighted by atomic mass is 16.4. The molecule has 0 aliphatic rings. The highest BCUT2D eigenvalue weighted by Gasteiger charge is 2.32. The Labute approximate surface area is 106 Å². The molecule has 1 aromatic rings. The van der Waals surface area contributed by atoms with E-state index in [2.05, 4.69) is 5.32 Å². The van der Waals surface area contributed by atoms with E-state index in [1.165, 1.54) is 24.3 Å². The Morgan fingerprint density at radius 1 is 1.00 bits per heavy atom. The molecule has 102 valence electrons. The Balaban J connectivity index is 3.07. The fourth-order valence-electron chi connectivity index (χ4n) is 1.38. The van der Waals surface area contributed by atoms with Gasteiger partial charge in [0.25, 0.3) is 0 Å². The van der Waals surface area contributed by atoms with Crippen LogP contribution in [0.25, 0.3) is 0 Å². The summed E-state index contributed by atoms with van der Waals surface area (Å²) in [5.74, 6) is -4.65. The topological polar surface area (TPSA) is 144 Å². The molecule has 1 rings (SSSR count). The second kappa shape index (κ2) is 5.83. The standard InChI is InChI=1S/C11H11NO7/c13-8(11(18)19)7(10(16)17)12-6-4-2-1-3-5(6)9(14)15/h1-4,7-8,12-13H,(H,14,15)(H,16,17)(H,18,19). The second-order valence-corrected chi connectivity index (χ2v) is 3.59. The Hall–Kier alpha value is -2.61. The Bertz CT molecular complexity index is 514. The van der Waals surface area contributed by atoms with Crippen molar-refractivity contribution in [2.75, 3.05) is 5.32 Å². The number of para-hydroxylation sites is 1. The summed E-state index contributed by atoms with van der Waals surface area (Å²) < 4.78 is 0. The van der Waals surface area contributed by atoms with Gasteiger partial charge >= 0.3 is 17.9 Å². The molecular formula is C11H11NO7. The first-order valence-corrected chi connectivity index (χ1v) is 5.07. The number of carboxylic acid groups (broad SMARTS) is 3. The maximum Gasteiger partial charge on any atom is 0.337 e. The molecule has 0 amide bonds. The number of nitrogens with one attached hydrogen (secondary N) is 1. The summed E-state index contributed by atoms with van der Waals surface area (Å²) in [5, 5.41) is 37.8. The predicted molar refractivity (Wildman–Crippen MR) is 62.1 cm³/mol. The molecule has 2 unspecified atom stereocenters. The van der Waals surface area contributed by atoms with Crippen molar-refractivity contribution in [3.05, 3.63) is 29.8 Å². The normalized spacial score (nSPS) is 13.3. The average molecular weight is 269 g/mol. The second-order valence-electron chi connectivity index (χ2n) is 3.59. The van der Waals surface area contributed by atoms with E-state index in [4.69, 9.17) is 15.3 Å². The summed E-state index contributed by atoms with van der Waals surface area (Å²) in [5.41, 5.74) is -0.325. The van der Waals surface area contributed by atoms with Crippen molar-refractivity contribution in [2.24, 2.45) is 0 Å². The molecule has 5 N–H and O–H groups in total. The molecule has 0 aromatic heterocycles. The molecule has 2 atom stereocenters. The first-order valence-electron chi connectivity index (χ1n) is 5.07. The van der Waals surface area contributed by atoms with E-state index < -0.39 is 30.1 Å². The molecule has 0 aliphatic heterocycles. The molecule has 0 aliphatic carbocycles. The monoisotopic (exact) mass is 269 g/mol. The van der Waals surface area contributed by atoms with E-state index in [0.29, 0.717) is 0 Å². The Morgan fingerprint density at radius 3 is 2.05 bits per heavy atom. The zero-order chi connectivity index (χ0) is 14.6. The maximum atomic E-state index is 10.9. The molecule has 0 heterocycles. The Morgan fingerprint density at radius 2 is 1.58 bits per heavy atom. The number of anilines is 1. The molecule has 19 heavy (non-hydrogen) atoms. The van der Waals surface area contributed by atoms with E-state index >= 15 is 0 Å². The quantitative estimate of drug-likeness (QED) is 0.473. The van der Waals surface area contributed by atoms with Gasteiger partial charge in [0.05, 0.1) is 5.56 Å². The van der Waals surface area contributed by atoms with Crippen LogP contribution in [0.5, 0.6) is 0 Å². The van der Waals surface area contributed by atoms with Gasteiger partial charge in [0.15, 0.2) is 12.1 Å². The van der Waals surface area contributed by atoms with Crippen LogP contribution >= 0.6 is 0 Å². The van der Waals surface area contributed by atoms with Gasteiger partial charge in [-0.25, -0.2) is 14.4 Å². The number of aliphatic hydroxyl groups is 1. The number of rotatable bonds is 6. The fourth-order valence-corrected chi connectivity index (χ4v) is 1.38. The maximum absolute atomic E-state index is 10.9. The van der Waals surface area contributed by atoms with Crippen LogP contribution in [-0.4, -0.2) is 50.5 Å². The number of benzene rings is 1. The Kier molecular flexibility index (Phi) is 4.43. The van der Waals surface area contributed by atoms with Gasteiger partial charge in [0.2, 0.25) is 0 Å². The van der Waals surface area contributed by atoms with Crippen molar-refractivity contribution in [2.45, 2.75) is 12.1 Å². The SMILES string of the molecule is O=C(O)c1ccccc1NC(C(=O)O)C(O)C(=O)O. The highest BCUT2D eigenvalue weighted by Crippen LogP contribution is 2.17. The lowest BCUT2D eigenvalue weighted by Crippen LogP contribution is -2.45. The van der Waals surface area contributed by atoms with Gasteiger partial charge in [-0.3, -0.25) is 0 Å². The van der Waals surface area contributed by atoms with E-state index in [0.717, 1.165) is 0 Å². The zero-order valence-electron chi connectivity index (χ0n) is 9.48. The molecule has 0 radical (unpaired) electrons. The number of hydrogen-bond donors (Lipinski definition) is 5. The molecule has 8 heteroatoms. The number of aliphatic carboxylic acids is 2. The third-order valence-electron chi connectivity index (χ3n) is 2.30. The third kappa shape index (κ3) is 3.42. The largest absolute Gasteiger partial charge is 0.480 e. The minimum Gasteiger partial charge on any atom is -0.480 e. The predicted octanol–water partition coefficient (Wildman–Crippen LogP) is -0.305. The van der Waals surface area contributed by atoms with Crippen molar-refractivity contribution < 1.29 is 34.8 Å².